The average Bonchev–Trinajstić information content (AvgIpc) is 2.60. The van der Waals surface area contributed by atoms with Crippen molar-refractivity contribution in [2.75, 3.05) is 6.54 Å². The minimum Gasteiger partial charge on any atom is -0.352 e. The van der Waals surface area contributed by atoms with Crippen molar-refractivity contribution in [3.8, 4) is 6.07 Å². The summed E-state index contributed by atoms with van der Waals surface area (Å²) in [7, 11) is 0. The minimum atomic E-state index is -0.194. The van der Waals surface area contributed by atoms with Gasteiger partial charge in [-0.05, 0) is 36.5 Å². The van der Waals surface area contributed by atoms with Gasteiger partial charge in [0, 0.05) is 21.9 Å². The third-order valence-electron chi connectivity index (χ3n) is 3.08. The molecule has 0 aliphatic heterocycles. The summed E-state index contributed by atoms with van der Waals surface area (Å²) in [6.07, 6.45) is 4.27. The smallest absolute Gasteiger partial charge is 0.251 e. The quantitative estimate of drug-likeness (QED) is 0.335. The Bertz CT molecular complexity index is 694. The number of allylic oxidation sites excluding steroid dienone is 2. The van der Waals surface area contributed by atoms with Gasteiger partial charge >= 0.3 is 0 Å². The first-order valence-electron chi connectivity index (χ1n) is 9.20. The Labute approximate surface area is 169 Å². The second-order valence-corrected chi connectivity index (χ2v) is 8.21. The van der Waals surface area contributed by atoms with E-state index < -0.39 is 0 Å². The molecule has 0 spiro atoms. The number of rotatable bonds is 8. The molecule has 1 aromatic carbocycles. The van der Waals surface area contributed by atoms with Crippen molar-refractivity contribution in [2.45, 2.75) is 45.9 Å². The highest BCUT2D eigenvalue weighted by Crippen LogP contribution is 2.33. The van der Waals surface area contributed by atoms with E-state index in [1.54, 1.807) is 18.2 Å². The topological polar surface area (TPSA) is 52.9 Å². The molecule has 0 atom stereocenters. The molecule has 1 amide bonds. The second-order valence-electron chi connectivity index (χ2n) is 7.13. The number of nitrogens with zero attached hydrogens (tertiary/aromatic N) is 1. The fraction of sp³-hybridized carbons (Fsp3) is 0.391. The standard InChI is InChI=1S/C19H22N2OS.C4H10/c1-5-8-17(15(4)19(22)21-12-11-14(2)3)23-18-10-7-6-9-16(18)13-20;1-4(2)3/h5-10,14H,1,4,11-12H2,2-3H3,(H,21,22);4H,1-3H3/b17-8+;. The Morgan fingerprint density at radius 2 is 1.85 bits per heavy atom. The number of thioether (sulfide) groups is 1. The maximum Gasteiger partial charge on any atom is 0.251 e. The SMILES string of the molecule is C=C/C=C(/Sc1ccccc1C#N)C(=C)C(=O)NCCC(C)C.CC(C)C. The van der Waals surface area contributed by atoms with E-state index in [1.807, 2.05) is 18.2 Å². The van der Waals surface area contributed by atoms with Crippen molar-refractivity contribution in [2.24, 2.45) is 11.8 Å². The fourth-order valence-electron chi connectivity index (χ4n) is 1.76. The maximum absolute atomic E-state index is 12.2. The van der Waals surface area contributed by atoms with E-state index in [9.17, 15) is 10.1 Å². The van der Waals surface area contributed by atoms with Crippen molar-refractivity contribution in [3.63, 3.8) is 0 Å². The van der Waals surface area contributed by atoms with Crippen LogP contribution in [0.2, 0.25) is 0 Å². The van der Waals surface area contributed by atoms with Gasteiger partial charge in [0.2, 0.25) is 0 Å². The Morgan fingerprint density at radius 3 is 2.37 bits per heavy atom. The molecule has 0 saturated heterocycles. The van der Waals surface area contributed by atoms with Gasteiger partial charge in [-0.25, -0.2) is 0 Å². The van der Waals surface area contributed by atoms with E-state index in [2.05, 4.69) is 59.2 Å². The van der Waals surface area contributed by atoms with Gasteiger partial charge in [0.05, 0.1) is 5.56 Å². The highest BCUT2D eigenvalue weighted by molar-refractivity contribution is 8.03. The van der Waals surface area contributed by atoms with Crippen LogP contribution in [0.5, 0.6) is 0 Å². The predicted molar refractivity (Wildman–Crippen MR) is 117 cm³/mol. The molecule has 146 valence electrons. The molecule has 0 bridgehead atoms. The normalized spacial score (nSPS) is 10.7. The van der Waals surface area contributed by atoms with Crippen LogP contribution in [-0.2, 0) is 4.79 Å². The zero-order chi connectivity index (χ0) is 20.8. The molecule has 0 aliphatic carbocycles. The van der Waals surface area contributed by atoms with Crippen LogP contribution in [0, 0.1) is 23.2 Å². The summed E-state index contributed by atoms with van der Waals surface area (Å²) in [5.41, 5.74) is 0.951. The second kappa shape index (κ2) is 13.9. The summed E-state index contributed by atoms with van der Waals surface area (Å²) in [5, 5.41) is 12.0. The van der Waals surface area contributed by atoms with Gasteiger partial charge in [-0.1, -0.05) is 77.7 Å². The molecule has 0 radical (unpaired) electrons. The van der Waals surface area contributed by atoms with Crippen molar-refractivity contribution >= 4 is 17.7 Å². The van der Waals surface area contributed by atoms with Crippen LogP contribution in [0.15, 0.2) is 64.9 Å². The number of nitrogens with one attached hydrogen (secondary N) is 1. The highest BCUT2D eigenvalue weighted by atomic mass is 32.2. The Morgan fingerprint density at radius 1 is 1.26 bits per heavy atom. The molecule has 1 N–H and O–H groups in total. The van der Waals surface area contributed by atoms with Crippen LogP contribution in [0.3, 0.4) is 0 Å². The van der Waals surface area contributed by atoms with Crippen LogP contribution >= 0.6 is 11.8 Å². The van der Waals surface area contributed by atoms with E-state index in [-0.39, 0.29) is 5.91 Å². The monoisotopic (exact) mass is 384 g/mol. The number of amides is 1. The average molecular weight is 385 g/mol. The molecular weight excluding hydrogens is 352 g/mol. The van der Waals surface area contributed by atoms with E-state index in [0.29, 0.717) is 28.5 Å². The lowest BCUT2D eigenvalue weighted by molar-refractivity contribution is -0.117. The molecule has 0 unspecified atom stereocenters. The largest absolute Gasteiger partial charge is 0.352 e. The number of hydrogen-bond acceptors (Lipinski definition) is 3. The summed E-state index contributed by atoms with van der Waals surface area (Å²) in [4.78, 5) is 13.7. The van der Waals surface area contributed by atoms with Crippen molar-refractivity contribution in [1.82, 2.24) is 5.32 Å². The first-order valence-corrected chi connectivity index (χ1v) is 10.0. The number of carbonyl (C=O) groups is 1. The number of benzene rings is 1. The van der Waals surface area contributed by atoms with Crippen LogP contribution in [0.1, 0.15) is 46.6 Å². The van der Waals surface area contributed by atoms with Gasteiger partial charge in [-0.3, -0.25) is 4.79 Å². The maximum atomic E-state index is 12.2. The number of carbonyl (C=O) groups excluding carboxylic acids is 1. The van der Waals surface area contributed by atoms with Crippen molar-refractivity contribution in [3.05, 3.63) is 65.6 Å². The molecule has 27 heavy (non-hydrogen) atoms. The first kappa shape index (κ1) is 24.8. The Hall–Kier alpha value is -2.25. The Kier molecular flexibility index (Phi) is 12.7. The molecule has 0 saturated carbocycles. The molecule has 0 heterocycles. The fourth-order valence-corrected chi connectivity index (χ4v) is 2.75. The van der Waals surface area contributed by atoms with E-state index in [0.717, 1.165) is 17.2 Å². The van der Waals surface area contributed by atoms with Crippen LogP contribution in [-0.4, -0.2) is 12.5 Å². The zero-order valence-electron chi connectivity index (χ0n) is 17.2. The molecule has 0 fully saturated rings. The van der Waals surface area contributed by atoms with Gasteiger partial charge in [0.15, 0.2) is 0 Å². The van der Waals surface area contributed by atoms with E-state index in [4.69, 9.17) is 0 Å². The minimum absolute atomic E-state index is 0.194. The molecule has 0 aromatic heterocycles. The number of hydrogen-bond donors (Lipinski definition) is 1. The summed E-state index contributed by atoms with van der Waals surface area (Å²) in [5.74, 6) is 1.17. The third kappa shape index (κ3) is 11.1. The zero-order valence-corrected chi connectivity index (χ0v) is 18.0. The van der Waals surface area contributed by atoms with Crippen LogP contribution in [0.25, 0.3) is 0 Å². The lowest BCUT2D eigenvalue weighted by Gasteiger charge is -2.12. The summed E-state index contributed by atoms with van der Waals surface area (Å²) < 4.78 is 0. The lowest BCUT2D eigenvalue weighted by Crippen LogP contribution is -2.26. The van der Waals surface area contributed by atoms with Gasteiger partial charge in [-0.2, -0.15) is 5.26 Å². The molecule has 4 heteroatoms. The molecular formula is C23H32N2OS. The van der Waals surface area contributed by atoms with Crippen molar-refractivity contribution in [1.29, 1.82) is 5.26 Å². The predicted octanol–water partition coefficient (Wildman–Crippen LogP) is 6.10. The van der Waals surface area contributed by atoms with Crippen LogP contribution in [0.4, 0.5) is 0 Å². The first-order chi connectivity index (χ1) is 12.7. The Balaban J connectivity index is 0.00000153. The molecule has 0 aliphatic rings. The van der Waals surface area contributed by atoms with Crippen molar-refractivity contribution < 1.29 is 4.79 Å². The number of nitriles is 1. The van der Waals surface area contributed by atoms with Gasteiger partial charge < -0.3 is 5.32 Å². The van der Waals surface area contributed by atoms with Gasteiger partial charge in [0.1, 0.15) is 6.07 Å². The summed E-state index contributed by atoms with van der Waals surface area (Å²) in [6, 6.07) is 9.43. The highest BCUT2D eigenvalue weighted by Gasteiger charge is 2.14. The third-order valence-corrected chi connectivity index (χ3v) is 4.25. The van der Waals surface area contributed by atoms with Gasteiger partial charge in [0.25, 0.3) is 5.91 Å². The van der Waals surface area contributed by atoms with Crippen LogP contribution < -0.4 is 5.32 Å². The lowest BCUT2D eigenvalue weighted by atomic mass is 10.1. The molecule has 1 rings (SSSR count). The molecule has 1 aromatic rings. The van der Waals surface area contributed by atoms with E-state index >= 15 is 0 Å². The summed E-state index contributed by atoms with van der Waals surface area (Å²) in [6.45, 7) is 18.9. The van der Waals surface area contributed by atoms with Gasteiger partial charge in [-0.15, -0.1) is 0 Å². The van der Waals surface area contributed by atoms with E-state index in [1.165, 1.54) is 11.8 Å². The molecule has 3 nitrogen and oxygen atoms in total. The summed E-state index contributed by atoms with van der Waals surface area (Å²) >= 11 is 1.35.